The van der Waals surface area contributed by atoms with Gasteiger partial charge in [0.25, 0.3) is 0 Å². The van der Waals surface area contributed by atoms with Crippen molar-refractivity contribution in [2.24, 2.45) is 11.7 Å². The summed E-state index contributed by atoms with van der Waals surface area (Å²) in [7, 11) is 0. The fraction of sp³-hybridized carbons (Fsp3) is 0.333. The number of anilines is 2. The second-order valence-corrected chi connectivity index (χ2v) is 9.53. The van der Waals surface area contributed by atoms with Crippen molar-refractivity contribution in [2.75, 3.05) is 11.1 Å². The van der Waals surface area contributed by atoms with Crippen LogP contribution in [0.1, 0.15) is 37.3 Å². The summed E-state index contributed by atoms with van der Waals surface area (Å²) in [6, 6.07) is 5.71. The summed E-state index contributed by atoms with van der Waals surface area (Å²) in [4.78, 5) is 41.1. The van der Waals surface area contributed by atoms with Crippen LogP contribution in [0.25, 0.3) is 21.4 Å². The highest BCUT2D eigenvalue weighted by Gasteiger charge is 2.29. The molecule has 3 heterocycles. The van der Waals surface area contributed by atoms with E-state index in [1.165, 1.54) is 11.3 Å². The molecule has 0 bridgehead atoms. The van der Waals surface area contributed by atoms with Crippen molar-refractivity contribution in [3.8, 4) is 0 Å². The topological polar surface area (TPSA) is 155 Å². The minimum atomic E-state index is -0.384. The zero-order valence-corrected chi connectivity index (χ0v) is 19.1. The summed E-state index contributed by atoms with van der Waals surface area (Å²) >= 11 is 7.36. The van der Waals surface area contributed by atoms with E-state index in [1.54, 1.807) is 6.33 Å². The third-order valence-electron chi connectivity index (χ3n) is 5.94. The SMILES string of the molecule is NC(=O)Cc1ccc2nc(NC(=O)[C@H]3CC[C@@H](n4cnc5c(N)nc(Cl)nc54)CC3)sc2c1. The van der Waals surface area contributed by atoms with Crippen LogP contribution in [0.2, 0.25) is 5.28 Å². The number of thiazole rings is 1. The van der Waals surface area contributed by atoms with Gasteiger partial charge in [-0.05, 0) is 55.0 Å². The molecular formula is C21H21ClN8O2S. The second kappa shape index (κ2) is 8.56. The molecule has 0 saturated heterocycles. The second-order valence-electron chi connectivity index (χ2n) is 8.16. The maximum atomic E-state index is 12.9. The zero-order chi connectivity index (χ0) is 23.1. The number of nitrogen functional groups attached to an aromatic ring is 1. The lowest BCUT2D eigenvalue weighted by atomic mass is 9.85. The third-order valence-corrected chi connectivity index (χ3v) is 7.05. The molecule has 1 fully saturated rings. The lowest BCUT2D eigenvalue weighted by Gasteiger charge is -2.28. The van der Waals surface area contributed by atoms with E-state index in [-0.39, 0.29) is 41.3 Å². The number of nitrogens with zero attached hydrogens (tertiary/aromatic N) is 5. The minimum Gasteiger partial charge on any atom is -0.382 e. The van der Waals surface area contributed by atoms with Crippen LogP contribution in [-0.4, -0.2) is 36.3 Å². The summed E-state index contributed by atoms with van der Waals surface area (Å²) in [5.74, 6) is -0.258. The summed E-state index contributed by atoms with van der Waals surface area (Å²) < 4.78 is 2.88. The van der Waals surface area contributed by atoms with Gasteiger partial charge in [0.15, 0.2) is 16.6 Å². The Balaban J connectivity index is 1.24. The van der Waals surface area contributed by atoms with Gasteiger partial charge in [-0.3, -0.25) is 9.59 Å². The van der Waals surface area contributed by atoms with Gasteiger partial charge >= 0.3 is 0 Å². The number of hydrogen-bond acceptors (Lipinski definition) is 8. The van der Waals surface area contributed by atoms with Crippen molar-refractivity contribution in [3.63, 3.8) is 0 Å². The Labute approximate surface area is 197 Å². The van der Waals surface area contributed by atoms with Gasteiger partial charge < -0.3 is 21.4 Å². The molecule has 1 aromatic carbocycles. The predicted molar refractivity (Wildman–Crippen MR) is 127 cm³/mol. The van der Waals surface area contributed by atoms with Crippen molar-refractivity contribution < 1.29 is 9.59 Å². The summed E-state index contributed by atoms with van der Waals surface area (Å²) in [5, 5.41) is 3.60. The van der Waals surface area contributed by atoms with E-state index in [9.17, 15) is 9.59 Å². The van der Waals surface area contributed by atoms with E-state index < -0.39 is 0 Å². The highest BCUT2D eigenvalue weighted by Crippen LogP contribution is 2.35. The minimum absolute atomic E-state index is 0.0324. The van der Waals surface area contributed by atoms with E-state index in [0.717, 1.165) is 41.5 Å². The maximum Gasteiger partial charge on any atom is 0.229 e. The normalized spacial score (nSPS) is 18.6. The van der Waals surface area contributed by atoms with Crippen molar-refractivity contribution >= 4 is 67.1 Å². The summed E-state index contributed by atoms with van der Waals surface area (Å²) in [5.41, 5.74) is 13.9. The largest absolute Gasteiger partial charge is 0.382 e. The molecule has 10 nitrogen and oxygen atoms in total. The molecule has 33 heavy (non-hydrogen) atoms. The number of halogens is 1. The summed E-state index contributed by atoms with van der Waals surface area (Å²) in [6.45, 7) is 0. The Morgan fingerprint density at radius 1 is 1.18 bits per heavy atom. The quantitative estimate of drug-likeness (QED) is 0.367. The molecule has 0 aliphatic heterocycles. The van der Waals surface area contributed by atoms with Gasteiger partial charge in [0, 0.05) is 12.0 Å². The first-order valence-corrected chi connectivity index (χ1v) is 11.7. The highest BCUT2D eigenvalue weighted by molar-refractivity contribution is 7.22. The first-order valence-electron chi connectivity index (χ1n) is 10.5. The third kappa shape index (κ3) is 4.33. The van der Waals surface area contributed by atoms with Crippen molar-refractivity contribution in [1.29, 1.82) is 0 Å². The number of primary amides is 1. The fourth-order valence-electron chi connectivity index (χ4n) is 4.34. The van der Waals surface area contributed by atoms with Gasteiger partial charge in [-0.15, -0.1) is 0 Å². The fourth-order valence-corrected chi connectivity index (χ4v) is 5.44. The molecule has 5 rings (SSSR count). The molecule has 3 aromatic heterocycles. The van der Waals surface area contributed by atoms with E-state index in [0.29, 0.717) is 16.3 Å². The number of aromatic nitrogens is 5. The van der Waals surface area contributed by atoms with Gasteiger partial charge in [0.05, 0.1) is 23.0 Å². The van der Waals surface area contributed by atoms with Crippen LogP contribution in [0.5, 0.6) is 0 Å². The average molecular weight is 485 g/mol. The molecule has 170 valence electrons. The Hall–Kier alpha value is -3.31. The molecule has 0 radical (unpaired) electrons. The highest BCUT2D eigenvalue weighted by atomic mass is 35.5. The Bertz CT molecular complexity index is 1380. The molecule has 1 aliphatic rings. The number of rotatable bonds is 5. The monoisotopic (exact) mass is 484 g/mol. The van der Waals surface area contributed by atoms with Crippen LogP contribution in [0, 0.1) is 5.92 Å². The van der Waals surface area contributed by atoms with E-state index in [4.69, 9.17) is 23.1 Å². The van der Waals surface area contributed by atoms with E-state index >= 15 is 0 Å². The zero-order valence-electron chi connectivity index (χ0n) is 17.5. The molecule has 0 spiro atoms. The van der Waals surface area contributed by atoms with Crippen LogP contribution < -0.4 is 16.8 Å². The molecule has 2 amide bonds. The molecule has 0 atom stereocenters. The predicted octanol–water partition coefficient (Wildman–Crippen LogP) is 3.07. The molecule has 1 saturated carbocycles. The van der Waals surface area contributed by atoms with Crippen LogP contribution in [0.3, 0.4) is 0 Å². The number of fused-ring (bicyclic) bond motifs is 2. The van der Waals surface area contributed by atoms with Crippen molar-refractivity contribution in [3.05, 3.63) is 35.4 Å². The molecule has 1 aliphatic carbocycles. The van der Waals surface area contributed by atoms with Crippen molar-refractivity contribution in [1.82, 2.24) is 24.5 Å². The molecule has 4 aromatic rings. The molecule has 12 heteroatoms. The van der Waals surface area contributed by atoms with Crippen LogP contribution in [0.15, 0.2) is 24.5 Å². The number of carbonyl (C=O) groups excluding carboxylic acids is 2. The van der Waals surface area contributed by atoms with E-state index in [1.807, 2.05) is 22.8 Å². The van der Waals surface area contributed by atoms with E-state index in [2.05, 4.69) is 25.3 Å². The average Bonchev–Trinajstić information content (AvgIpc) is 3.36. The number of hydrogen-bond donors (Lipinski definition) is 3. The van der Waals surface area contributed by atoms with Gasteiger partial charge in [-0.2, -0.15) is 9.97 Å². The van der Waals surface area contributed by atoms with Crippen molar-refractivity contribution in [2.45, 2.75) is 38.1 Å². The number of nitrogens with two attached hydrogens (primary N) is 2. The summed E-state index contributed by atoms with van der Waals surface area (Å²) in [6.07, 6.45) is 4.97. The van der Waals surface area contributed by atoms with Crippen LogP contribution in [0.4, 0.5) is 10.9 Å². The van der Waals surface area contributed by atoms with Crippen LogP contribution in [-0.2, 0) is 16.0 Å². The number of benzene rings is 1. The molecule has 5 N–H and O–H groups in total. The number of nitrogens with one attached hydrogen (secondary N) is 1. The maximum absolute atomic E-state index is 12.9. The Morgan fingerprint density at radius 2 is 1.97 bits per heavy atom. The molecular weight excluding hydrogens is 464 g/mol. The van der Waals surface area contributed by atoms with Gasteiger partial charge in [-0.1, -0.05) is 17.4 Å². The lowest BCUT2D eigenvalue weighted by Crippen LogP contribution is -2.28. The van der Waals surface area contributed by atoms with Gasteiger partial charge in [0.2, 0.25) is 17.1 Å². The van der Waals surface area contributed by atoms with Gasteiger partial charge in [0.1, 0.15) is 5.52 Å². The Morgan fingerprint density at radius 3 is 2.73 bits per heavy atom. The standard InChI is InChI=1S/C21H21ClN8O2S/c22-20-27-17(24)16-18(28-20)30(9-25-16)12-4-2-11(3-5-12)19(32)29-21-26-13-6-1-10(8-15(23)31)7-14(13)33-21/h1,6-7,9,11-12H,2-5,8H2,(H2,23,31)(H2,24,27,28)(H,26,29,32)/t11-,12+. The van der Waals surface area contributed by atoms with Crippen LogP contribution >= 0.6 is 22.9 Å². The molecule has 0 unspecified atom stereocenters. The smallest absolute Gasteiger partial charge is 0.229 e. The Kier molecular flexibility index (Phi) is 5.59. The first kappa shape index (κ1) is 21.5. The first-order chi connectivity index (χ1) is 15.9. The lowest BCUT2D eigenvalue weighted by molar-refractivity contribution is -0.121. The number of imidazole rings is 1. The number of amides is 2. The van der Waals surface area contributed by atoms with Gasteiger partial charge in [-0.25, -0.2) is 9.97 Å². The number of carbonyl (C=O) groups is 2.